The molecule has 0 saturated heterocycles. The summed E-state index contributed by atoms with van der Waals surface area (Å²) in [6.07, 6.45) is 2.65. The zero-order valence-electron chi connectivity index (χ0n) is 15.1. The van der Waals surface area contributed by atoms with E-state index in [0.717, 1.165) is 18.4 Å². The number of carbonyl (C=O) groups excluding carboxylic acids is 2. The number of hydrogen-bond acceptors (Lipinski definition) is 4. The Balaban J connectivity index is 1.94. The lowest BCUT2D eigenvalue weighted by molar-refractivity contribution is -0.145. The van der Waals surface area contributed by atoms with E-state index >= 15 is 0 Å². The second-order valence-electron chi connectivity index (χ2n) is 7.04. The number of nitrogens with one attached hydrogen (secondary N) is 1. The maximum absolute atomic E-state index is 13.0. The van der Waals surface area contributed by atoms with Gasteiger partial charge in [-0.3, -0.25) is 9.69 Å². The van der Waals surface area contributed by atoms with Gasteiger partial charge >= 0.3 is 5.97 Å². The van der Waals surface area contributed by atoms with Crippen molar-refractivity contribution in [3.8, 4) is 0 Å². The number of rotatable bonds is 9. The van der Waals surface area contributed by atoms with Gasteiger partial charge in [0.15, 0.2) is 0 Å². The molecular formula is C19H27FN2O3. The van der Waals surface area contributed by atoms with Crippen LogP contribution in [0.5, 0.6) is 0 Å². The van der Waals surface area contributed by atoms with Crippen LogP contribution in [0.1, 0.15) is 38.7 Å². The Morgan fingerprint density at radius 1 is 1.28 bits per heavy atom. The molecular weight excluding hydrogens is 323 g/mol. The second-order valence-corrected chi connectivity index (χ2v) is 7.04. The molecule has 0 heterocycles. The molecule has 0 bridgehead atoms. The van der Waals surface area contributed by atoms with Gasteiger partial charge in [0.25, 0.3) is 0 Å². The van der Waals surface area contributed by atoms with Crippen molar-refractivity contribution in [1.29, 1.82) is 0 Å². The van der Waals surface area contributed by atoms with Gasteiger partial charge in [-0.2, -0.15) is 0 Å². The first-order valence-corrected chi connectivity index (χ1v) is 8.74. The van der Waals surface area contributed by atoms with E-state index in [1.165, 1.54) is 19.2 Å². The zero-order chi connectivity index (χ0) is 18.4. The molecule has 1 amide bonds. The molecule has 1 atom stereocenters. The number of esters is 1. The Morgan fingerprint density at radius 2 is 1.92 bits per heavy atom. The lowest BCUT2D eigenvalue weighted by atomic mass is 10.0. The van der Waals surface area contributed by atoms with Crippen molar-refractivity contribution in [1.82, 2.24) is 10.2 Å². The summed E-state index contributed by atoms with van der Waals surface area (Å²) >= 11 is 0. The first-order valence-electron chi connectivity index (χ1n) is 8.74. The third-order valence-electron chi connectivity index (χ3n) is 4.24. The third kappa shape index (κ3) is 6.46. The van der Waals surface area contributed by atoms with Crippen molar-refractivity contribution in [3.05, 3.63) is 35.6 Å². The molecule has 0 aromatic heterocycles. The van der Waals surface area contributed by atoms with Crippen molar-refractivity contribution >= 4 is 11.9 Å². The van der Waals surface area contributed by atoms with Gasteiger partial charge in [-0.1, -0.05) is 26.0 Å². The van der Waals surface area contributed by atoms with Crippen molar-refractivity contribution < 1.29 is 18.7 Å². The van der Waals surface area contributed by atoms with Gasteiger partial charge in [-0.25, -0.2) is 9.18 Å². The monoisotopic (exact) mass is 350 g/mol. The average Bonchev–Trinajstić information content (AvgIpc) is 3.39. The summed E-state index contributed by atoms with van der Waals surface area (Å²) in [4.78, 5) is 26.3. The Hall–Kier alpha value is -1.95. The minimum absolute atomic E-state index is 0.190. The fraction of sp³-hybridized carbons (Fsp3) is 0.579. The summed E-state index contributed by atoms with van der Waals surface area (Å²) in [5.41, 5.74) is 0.966. The number of nitrogens with zero attached hydrogens (tertiary/aromatic N) is 1. The van der Waals surface area contributed by atoms with Gasteiger partial charge < -0.3 is 10.1 Å². The minimum atomic E-state index is -0.621. The molecule has 1 unspecified atom stereocenters. The van der Waals surface area contributed by atoms with Crippen LogP contribution in [0.3, 0.4) is 0 Å². The smallest absolute Gasteiger partial charge is 0.328 e. The molecule has 25 heavy (non-hydrogen) atoms. The second kappa shape index (κ2) is 8.94. The Kier molecular flexibility index (Phi) is 6.93. The van der Waals surface area contributed by atoms with Crippen LogP contribution in [0.25, 0.3) is 0 Å². The van der Waals surface area contributed by atoms with Gasteiger partial charge in [0.2, 0.25) is 5.91 Å². The van der Waals surface area contributed by atoms with E-state index in [-0.39, 0.29) is 24.2 Å². The maximum Gasteiger partial charge on any atom is 0.328 e. The lowest BCUT2D eigenvalue weighted by Gasteiger charge is -2.24. The van der Waals surface area contributed by atoms with E-state index in [0.29, 0.717) is 19.0 Å². The molecule has 1 fully saturated rings. The molecule has 1 aliphatic carbocycles. The van der Waals surface area contributed by atoms with Crippen molar-refractivity contribution in [2.75, 3.05) is 13.7 Å². The summed E-state index contributed by atoms with van der Waals surface area (Å²) in [5, 5.41) is 2.79. The molecule has 1 saturated carbocycles. The Bertz CT molecular complexity index is 585. The Morgan fingerprint density at radius 3 is 2.44 bits per heavy atom. The van der Waals surface area contributed by atoms with Gasteiger partial charge in [-0.05, 0) is 42.9 Å². The van der Waals surface area contributed by atoms with Crippen LogP contribution in [0.4, 0.5) is 4.39 Å². The molecule has 138 valence electrons. The molecule has 1 aliphatic rings. The van der Waals surface area contributed by atoms with Gasteiger partial charge in [0, 0.05) is 12.6 Å². The SMILES string of the molecule is COC(=O)C(CC(C)C)NC(=O)CN(Cc1ccc(F)cc1)C1CC1. The normalized spacial score (nSPS) is 15.3. The predicted octanol–water partition coefficient (Wildman–Crippen LogP) is 2.49. The number of hydrogen-bond donors (Lipinski definition) is 1. The van der Waals surface area contributed by atoms with Crippen LogP contribution >= 0.6 is 0 Å². The van der Waals surface area contributed by atoms with E-state index in [4.69, 9.17) is 4.74 Å². The molecule has 0 radical (unpaired) electrons. The van der Waals surface area contributed by atoms with E-state index in [1.807, 2.05) is 13.8 Å². The van der Waals surface area contributed by atoms with Gasteiger partial charge in [0.1, 0.15) is 11.9 Å². The predicted molar refractivity (Wildman–Crippen MR) is 93.2 cm³/mol. The highest BCUT2D eigenvalue weighted by Crippen LogP contribution is 2.28. The van der Waals surface area contributed by atoms with Crippen LogP contribution < -0.4 is 5.32 Å². The first-order chi connectivity index (χ1) is 11.9. The summed E-state index contributed by atoms with van der Waals surface area (Å²) in [6, 6.07) is 6.08. The topological polar surface area (TPSA) is 58.6 Å². The fourth-order valence-electron chi connectivity index (χ4n) is 2.83. The van der Waals surface area contributed by atoms with Crippen LogP contribution in [-0.4, -0.2) is 42.5 Å². The largest absolute Gasteiger partial charge is 0.467 e. The molecule has 0 aliphatic heterocycles. The lowest BCUT2D eigenvalue weighted by Crippen LogP contribution is -2.46. The molecule has 1 aromatic rings. The van der Waals surface area contributed by atoms with Crippen LogP contribution in [0.15, 0.2) is 24.3 Å². The van der Waals surface area contributed by atoms with Gasteiger partial charge in [-0.15, -0.1) is 0 Å². The molecule has 2 rings (SSSR count). The van der Waals surface area contributed by atoms with Crippen LogP contribution in [0, 0.1) is 11.7 Å². The quantitative estimate of drug-likeness (QED) is 0.695. The maximum atomic E-state index is 13.0. The number of methoxy groups -OCH3 is 1. The van der Waals surface area contributed by atoms with Crippen molar-refractivity contribution in [2.24, 2.45) is 5.92 Å². The molecule has 1 aromatic carbocycles. The number of benzene rings is 1. The van der Waals surface area contributed by atoms with E-state index < -0.39 is 12.0 Å². The van der Waals surface area contributed by atoms with Crippen LogP contribution in [-0.2, 0) is 20.9 Å². The standard InChI is InChI=1S/C19H27FN2O3/c1-13(2)10-17(19(24)25-3)21-18(23)12-22(16-8-9-16)11-14-4-6-15(20)7-5-14/h4-7,13,16-17H,8-12H2,1-3H3,(H,21,23). The molecule has 5 nitrogen and oxygen atoms in total. The minimum Gasteiger partial charge on any atom is -0.467 e. The number of carbonyl (C=O) groups is 2. The molecule has 0 spiro atoms. The summed E-state index contributed by atoms with van der Waals surface area (Å²) in [5.74, 6) is -0.610. The number of amides is 1. The molecule has 1 N–H and O–H groups in total. The summed E-state index contributed by atoms with van der Waals surface area (Å²) in [7, 11) is 1.33. The van der Waals surface area contributed by atoms with E-state index in [2.05, 4.69) is 10.2 Å². The summed E-state index contributed by atoms with van der Waals surface area (Å²) in [6.45, 7) is 4.79. The Labute approximate surface area is 148 Å². The summed E-state index contributed by atoms with van der Waals surface area (Å²) < 4.78 is 17.8. The van der Waals surface area contributed by atoms with Gasteiger partial charge in [0.05, 0.1) is 13.7 Å². The van der Waals surface area contributed by atoms with Crippen LogP contribution in [0.2, 0.25) is 0 Å². The highest BCUT2D eigenvalue weighted by molar-refractivity contribution is 5.85. The van der Waals surface area contributed by atoms with Crippen molar-refractivity contribution in [3.63, 3.8) is 0 Å². The number of halogens is 1. The van der Waals surface area contributed by atoms with E-state index in [1.54, 1.807) is 12.1 Å². The third-order valence-corrected chi connectivity index (χ3v) is 4.24. The highest BCUT2D eigenvalue weighted by atomic mass is 19.1. The zero-order valence-corrected chi connectivity index (χ0v) is 15.1. The average molecular weight is 350 g/mol. The van der Waals surface area contributed by atoms with E-state index in [9.17, 15) is 14.0 Å². The fourth-order valence-corrected chi connectivity index (χ4v) is 2.83. The highest BCUT2D eigenvalue weighted by Gasteiger charge is 2.31. The molecule has 6 heteroatoms. The first kappa shape index (κ1) is 19.4. The number of ether oxygens (including phenoxy) is 1. The van der Waals surface area contributed by atoms with Crippen molar-refractivity contribution in [2.45, 2.75) is 51.7 Å².